The first-order valence-electron chi connectivity index (χ1n) is 3.13. The molecule has 4 heteroatoms. The van der Waals surface area contributed by atoms with Crippen molar-refractivity contribution in [1.82, 2.24) is 0 Å². The molecule has 3 nitrogen and oxygen atoms in total. The van der Waals surface area contributed by atoms with Crippen LogP contribution >= 0.6 is 0 Å². The van der Waals surface area contributed by atoms with Crippen molar-refractivity contribution in [2.75, 3.05) is 0 Å². The maximum atomic E-state index is 8.48. The van der Waals surface area contributed by atoms with Crippen molar-refractivity contribution >= 4 is 0 Å². The van der Waals surface area contributed by atoms with Gasteiger partial charge < -0.3 is 12.4 Å². The van der Waals surface area contributed by atoms with Gasteiger partial charge in [0.05, 0.1) is 0 Å². The molecule has 1 aromatic heterocycles. The van der Waals surface area contributed by atoms with Crippen molar-refractivity contribution < 1.29 is 17.0 Å². The Balaban J connectivity index is 0.00000121. The van der Waals surface area contributed by atoms with Gasteiger partial charge >= 0.3 is 0 Å². The SMILES string of the molecule is N#CC[n+]1cccc(C#N)c1.[Cl-]. The van der Waals surface area contributed by atoms with Crippen LogP contribution in [0.4, 0.5) is 0 Å². The second kappa shape index (κ2) is 5.12. The van der Waals surface area contributed by atoms with Crippen LogP contribution in [-0.4, -0.2) is 0 Å². The molecule has 0 aliphatic rings. The minimum atomic E-state index is 0. The van der Waals surface area contributed by atoms with Gasteiger partial charge in [-0.1, -0.05) is 0 Å². The number of nitrogens with zero attached hydrogens (tertiary/aromatic N) is 3. The number of aromatic nitrogens is 1. The summed E-state index contributed by atoms with van der Waals surface area (Å²) >= 11 is 0. The monoisotopic (exact) mass is 179 g/mol. The summed E-state index contributed by atoms with van der Waals surface area (Å²) in [5.74, 6) is 0. The van der Waals surface area contributed by atoms with E-state index < -0.39 is 0 Å². The van der Waals surface area contributed by atoms with Crippen LogP contribution in [-0.2, 0) is 6.54 Å². The van der Waals surface area contributed by atoms with E-state index in [9.17, 15) is 0 Å². The van der Waals surface area contributed by atoms with Gasteiger partial charge in [0.25, 0.3) is 0 Å². The Bertz CT molecular complexity index is 335. The van der Waals surface area contributed by atoms with Gasteiger partial charge in [-0.2, -0.15) is 15.1 Å². The Hall–Kier alpha value is -1.58. The van der Waals surface area contributed by atoms with Crippen molar-refractivity contribution in [1.29, 1.82) is 10.5 Å². The minimum Gasteiger partial charge on any atom is -1.00 e. The van der Waals surface area contributed by atoms with Crippen LogP contribution in [0.15, 0.2) is 24.5 Å². The number of hydrogen-bond acceptors (Lipinski definition) is 2. The molecule has 0 unspecified atom stereocenters. The lowest BCUT2D eigenvalue weighted by atomic mass is 10.3. The van der Waals surface area contributed by atoms with E-state index in [1.54, 1.807) is 29.1 Å². The Morgan fingerprint density at radius 1 is 1.42 bits per heavy atom. The van der Waals surface area contributed by atoms with Crippen LogP contribution in [0.1, 0.15) is 5.56 Å². The van der Waals surface area contributed by atoms with Gasteiger partial charge in [0, 0.05) is 6.07 Å². The topological polar surface area (TPSA) is 51.5 Å². The molecule has 0 aliphatic heterocycles. The molecule has 0 aromatic carbocycles. The molecule has 1 rings (SSSR count). The Kier molecular flexibility index (Phi) is 4.45. The van der Waals surface area contributed by atoms with E-state index in [2.05, 4.69) is 0 Å². The van der Waals surface area contributed by atoms with Crippen molar-refractivity contribution in [3.63, 3.8) is 0 Å². The lowest BCUT2D eigenvalue weighted by Gasteiger charge is -1.87. The van der Waals surface area contributed by atoms with Gasteiger partial charge in [0.1, 0.15) is 17.7 Å². The highest BCUT2D eigenvalue weighted by molar-refractivity contribution is 5.21. The molecular weight excluding hydrogens is 174 g/mol. The standard InChI is InChI=1S/C8H6N3.ClH/c9-3-5-11-4-1-2-8(6-10)7-11;/h1-2,4,7H,5H2;1H/q+1;/p-1. The van der Waals surface area contributed by atoms with Gasteiger partial charge in [0.2, 0.25) is 6.54 Å². The fraction of sp³-hybridized carbons (Fsp3) is 0.125. The zero-order valence-electron chi connectivity index (χ0n) is 6.24. The van der Waals surface area contributed by atoms with E-state index in [1.807, 2.05) is 12.1 Å². The molecular formula is C8H6ClN3. The van der Waals surface area contributed by atoms with E-state index in [4.69, 9.17) is 10.5 Å². The highest BCUT2D eigenvalue weighted by atomic mass is 35.5. The Morgan fingerprint density at radius 2 is 2.17 bits per heavy atom. The third-order valence-corrected chi connectivity index (χ3v) is 1.24. The van der Waals surface area contributed by atoms with Gasteiger partial charge in [0.15, 0.2) is 12.4 Å². The molecule has 1 aromatic rings. The molecule has 0 fully saturated rings. The molecule has 0 atom stereocenters. The van der Waals surface area contributed by atoms with Crippen molar-refractivity contribution in [3.05, 3.63) is 30.1 Å². The van der Waals surface area contributed by atoms with Gasteiger partial charge in [-0.3, -0.25) is 0 Å². The molecule has 0 saturated carbocycles. The second-order valence-corrected chi connectivity index (χ2v) is 2.03. The highest BCUT2D eigenvalue weighted by Crippen LogP contribution is 1.89. The van der Waals surface area contributed by atoms with Crippen LogP contribution < -0.4 is 17.0 Å². The third kappa shape index (κ3) is 2.57. The molecule has 12 heavy (non-hydrogen) atoms. The summed E-state index contributed by atoms with van der Waals surface area (Å²) in [6.45, 7) is 0.287. The van der Waals surface area contributed by atoms with E-state index in [0.717, 1.165) is 0 Å². The number of rotatable bonds is 1. The summed E-state index contributed by atoms with van der Waals surface area (Å²) in [7, 11) is 0. The zero-order valence-corrected chi connectivity index (χ0v) is 6.99. The van der Waals surface area contributed by atoms with Gasteiger partial charge in [-0.25, -0.2) is 0 Å². The number of nitriles is 2. The predicted octanol–water partition coefficient (Wildman–Crippen LogP) is -2.63. The Labute approximate surface area is 76.9 Å². The lowest BCUT2D eigenvalue weighted by molar-refractivity contribution is -0.685. The fourth-order valence-corrected chi connectivity index (χ4v) is 0.768. The normalized spacial score (nSPS) is 7.50. The number of pyridine rings is 1. The largest absolute Gasteiger partial charge is 1.00 e. The number of hydrogen-bond donors (Lipinski definition) is 0. The van der Waals surface area contributed by atoms with Crippen molar-refractivity contribution in [2.24, 2.45) is 0 Å². The first-order valence-corrected chi connectivity index (χ1v) is 3.13. The van der Waals surface area contributed by atoms with E-state index >= 15 is 0 Å². The fourth-order valence-electron chi connectivity index (χ4n) is 0.768. The third-order valence-electron chi connectivity index (χ3n) is 1.24. The van der Waals surface area contributed by atoms with E-state index in [-0.39, 0.29) is 19.0 Å². The summed E-state index contributed by atoms with van der Waals surface area (Å²) in [6, 6.07) is 7.43. The summed E-state index contributed by atoms with van der Waals surface area (Å²) in [5.41, 5.74) is 0.572. The summed E-state index contributed by atoms with van der Waals surface area (Å²) < 4.78 is 1.67. The van der Waals surface area contributed by atoms with E-state index in [0.29, 0.717) is 5.56 Å². The molecule has 0 aliphatic carbocycles. The quantitative estimate of drug-likeness (QED) is 0.443. The maximum absolute atomic E-state index is 8.48. The molecule has 0 amide bonds. The summed E-state index contributed by atoms with van der Waals surface area (Å²) in [5, 5.41) is 16.8. The molecule has 1 heterocycles. The first kappa shape index (κ1) is 10.4. The second-order valence-electron chi connectivity index (χ2n) is 2.03. The molecule has 0 radical (unpaired) electrons. The highest BCUT2D eigenvalue weighted by Gasteiger charge is 1.98. The van der Waals surface area contributed by atoms with Gasteiger partial charge in [-0.15, -0.1) is 0 Å². The van der Waals surface area contributed by atoms with Gasteiger partial charge in [-0.05, 0) is 6.07 Å². The first-order chi connectivity index (χ1) is 5.36. The molecule has 0 spiro atoms. The molecule has 0 N–H and O–H groups in total. The molecule has 60 valence electrons. The van der Waals surface area contributed by atoms with Crippen LogP contribution in [0, 0.1) is 22.7 Å². The molecule has 0 saturated heterocycles. The van der Waals surface area contributed by atoms with E-state index in [1.165, 1.54) is 0 Å². The van der Waals surface area contributed by atoms with Crippen molar-refractivity contribution in [2.45, 2.75) is 6.54 Å². The van der Waals surface area contributed by atoms with Crippen LogP contribution in [0.2, 0.25) is 0 Å². The van der Waals surface area contributed by atoms with Crippen molar-refractivity contribution in [3.8, 4) is 12.1 Å². The zero-order chi connectivity index (χ0) is 8.10. The smallest absolute Gasteiger partial charge is 0.233 e. The lowest BCUT2D eigenvalue weighted by Crippen LogP contribution is -3.00. The average molecular weight is 180 g/mol. The average Bonchev–Trinajstić information content (AvgIpc) is 2.06. The molecule has 0 bridgehead atoms. The Morgan fingerprint density at radius 3 is 2.75 bits per heavy atom. The minimum absolute atomic E-state index is 0. The predicted molar refractivity (Wildman–Crippen MR) is 37.0 cm³/mol. The van der Waals surface area contributed by atoms with Crippen LogP contribution in [0.3, 0.4) is 0 Å². The summed E-state index contributed by atoms with van der Waals surface area (Å²) in [4.78, 5) is 0. The van der Waals surface area contributed by atoms with Crippen LogP contribution in [0.5, 0.6) is 0 Å². The number of halogens is 1. The van der Waals surface area contributed by atoms with Crippen LogP contribution in [0.25, 0.3) is 0 Å². The maximum Gasteiger partial charge on any atom is 0.233 e. The summed E-state index contributed by atoms with van der Waals surface area (Å²) in [6.07, 6.45) is 3.40.